The Morgan fingerprint density at radius 3 is 2.85 bits per heavy atom. The van der Waals surface area contributed by atoms with Gasteiger partial charge in [-0.25, -0.2) is 4.39 Å². The quantitative estimate of drug-likeness (QED) is 0.636. The zero-order chi connectivity index (χ0) is 14.4. The van der Waals surface area contributed by atoms with E-state index in [1.165, 1.54) is 12.1 Å². The van der Waals surface area contributed by atoms with E-state index in [-0.39, 0.29) is 10.9 Å². The lowest BCUT2D eigenvalue weighted by Gasteiger charge is -1.95. The summed E-state index contributed by atoms with van der Waals surface area (Å²) in [6, 6.07) is 4.05. The Morgan fingerprint density at radius 2 is 2.10 bits per heavy atom. The first-order valence-electron chi connectivity index (χ1n) is 5.74. The Kier molecular flexibility index (Phi) is 4.79. The van der Waals surface area contributed by atoms with Crippen LogP contribution < -0.4 is 0 Å². The lowest BCUT2D eigenvalue weighted by atomic mass is 10.2. The molecule has 0 aliphatic carbocycles. The molecule has 0 saturated heterocycles. The van der Waals surface area contributed by atoms with Gasteiger partial charge in [-0.15, -0.1) is 0 Å². The molecule has 1 aromatic carbocycles. The zero-order valence-corrected chi connectivity index (χ0v) is 11.4. The van der Waals surface area contributed by atoms with E-state index >= 15 is 0 Å². The fourth-order valence-corrected chi connectivity index (χ4v) is 1.66. The van der Waals surface area contributed by atoms with E-state index in [0.717, 1.165) is 0 Å². The Morgan fingerprint density at radius 1 is 1.25 bits per heavy atom. The molecule has 20 heavy (non-hydrogen) atoms. The molecule has 0 saturated carbocycles. The second-order valence-corrected chi connectivity index (χ2v) is 4.20. The Labute approximate surface area is 120 Å². The maximum atomic E-state index is 13.2. The molecule has 0 fully saturated rings. The molecule has 0 aliphatic rings. The van der Waals surface area contributed by atoms with E-state index in [9.17, 15) is 4.39 Å². The number of hydrogen-bond acceptors (Lipinski definition) is 4. The molecular weight excluding hydrogens is 281 g/mol. The van der Waals surface area contributed by atoms with Crippen LogP contribution in [0.25, 0.3) is 17.5 Å². The Balaban J connectivity index is 2.16. The van der Waals surface area contributed by atoms with Crippen LogP contribution in [0.2, 0.25) is 5.02 Å². The minimum absolute atomic E-state index is 0.213. The van der Waals surface area contributed by atoms with Crippen molar-refractivity contribution in [1.29, 1.82) is 0 Å². The van der Waals surface area contributed by atoms with Crippen LogP contribution in [0.5, 0.6) is 0 Å². The normalized spacial score (nSPS) is 12.2. The van der Waals surface area contributed by atoms with Crippen molar-refractivity contribution >= 4 is 23.9 Å². The van der Waals surface area contributed by atoms with Gasteiger partial charge in [0, 0.05) is 23.8 Å². The third-order valence-electron chi connectivity index (χ3n) is 2.25. The maximum absolute atomic E-state index is 13.2. The summed E-state index contributed by atoms with van der Waals surface area (Å²) in [5.41, 5.74) is 0.441. The van der Waals surface area contributed by atoms with Crippen LogP contribution in [0.15, 0.2) is 45.9 Å². The van der Waals surface area contributed by atoms with Crippen LogP contribution in [0.3, 0.4) is 0 Å². The minimum Gasteiger partial charge on any atom is -0.334 e. The van der Waals surface area contributed by atoms with Gasteiger partial charge in [0.15, 0.2) is 5.82 Å². The van der Waals surface area contributed by atoms with Crippen LogP contribution in [0, 0.1) is 5.82 Å². The summed E-state index contributed by atoms with van der Waals surface area (Å²) in [6.45, 7) is 0. The molecule has 0 aliphatic heterocycles. The molecule has 4 nitrogen and oxygen atoms in total. The van der Waals surface area contributed by atoms with Crippen LogP contribution in [0.1, 0.15) is 5.82 Å². The fraction of sp³-hybridized carbons (Fsp3) is 0.0714. The Bertz CT molecular complexity index is 657. The molecule has 0 radical (unpaired) electrons. The van der Waals surface area contributed by atoms with Gasteiger partial charge < -0.3 is 4.52 Å². The first-order valence-corrected chi connectivity index (χ1v) is 6.12. The average molecular weight is 292 g/mol. The number of rotatable bonds is 4. The van der Waals surface area contributed by atoms with Gasteiger partial charge in [0.05, 0.1) is 0 Å². The molecule has 0 amide bonds. The lowest BCUT2D eigenvalue weighted by molar-refractivity contribution is 0.428. The van der Waals surface area contributed by atoms with Gasteiger partial charge in [-0.2, -0.15) is 4.98 Å². The second kappa shape index (κ2) is 6.77. The Hall–Kier alpha value is -2.27. The standard InChI is InChI=1S/C14H11ClFN3O/c1-17-6-4-2-3-5-13-18-14(20-19-13)10-7-11(15)9-12(16)8-10/h2-9H,1H3/b4-2-,5-3+,17-6?. The van der Waals surface area contributed by atoms with Gasteiger partial charge >= 0.3 is 0 Å². The van der Waals surface area contributed by atoms with Crippen molar-refractivity contribution in [1.82, 2.24) is 10.1 Å². The van der Waals surface area contributed by atoms with Gasteiger partial charge in [0.1, 0.15) is 5.82 Å². The number of halogens is 2. The summed E-state index contributed by atoms with van der Waals surface area (Å²) < 4.78 is 18.3. The maximum Gasteiger partial charge on any atom is 0.258 e. The summed E-state index contributed by atoms with van der Waals surface area (Å²) in [5.74, 6) is 0.146. The molecule has 1 heterocycles. The molecule has 0 bridgehead atoms. The summed E-state index contributed by atoms with van der Waals surface area (Å²) in [6.07, 6.45) is 8.61. The van der Waals surface area contributed by atoms with Crippen molar-refractivity contribution in [2.75, 3.05) is 7.05 Å². The summed E-state index contributed by atoms with van der Waals surface area (Å²) in [4.78, 5) is 7.92. The molecule has 2 rings (SSSR count). The van der Waals surface area contributed by atoms with Crippen molar-refractivity contribution in [2.45, 2.75) is 0 Å². The number of allylic oxidation sites excluding steroid dienone is 3. The summed E-state index contributed by atoms with van der Waals surface area (Å²) >= 11 is 5.77. The van der Waals surface area contributed by atoms with Gasteiger partial charge in [0.25, 0.3) is 5.89 Å². The molecule has 6 heteroatoms. The fourth-order valence-electron chi connectivity index (χ4n) is 1.44. The molecule has 0 N–H and O–H groups in total. The second-order valence-electron chi connectivity index (χ2n) is 3.77. The van der Waals surface area contributed by atoms with Crippen LogP contribution >= 0.6 is 11.6 Å². The number of nitrogens with zero attached hydrogens (tertiary/aromatic N) is 3. The number of benzene rings is 1. The average Bonchev–Trinajstić information content (AvgIpc) is 2.86. The van der Waals surface area contributed by atoms with E-state index in [4.69, 9.17) is 16.1 Å². The third kappa shape index (κ3) is 3.86. The van der Waals surface area contributed by atoms with Crippen LogP contribution in [0.4, 0.5) is 4.39 Å². The molecule has 1 aromatic heterocycles. The first-order chi connectivity index (χ1) is 9.69. The van der Waals surface area contributed by atoms with Crippen LogP contribution in [-0.4, -0.2) is 23.4 Å². The van der Waals surface area contributed by atoms with Gasteiger partial charge in [-0.05, 0) is 30.4 Å². The van der Waals surface area contributed by atoms with Crippen molar-refractivity contribution in [3.8, 4) is 11.5 Å². The number of aliphatic imine (C=N–C) groups is 1. The SMILES string of the molecule is CN=C/C=C\C=C\c1noc(-c2cc(F)cc(Cl)c2)n1. The summed E-state index contributed by atoms with van der Waals surface area (Å²) in [5, 5.41) is 4.04. The van der Waals surface area contributed by atoms with Crippen molar-refractivity contribution < 1.29 is 8.91 Å². The zero-order valence-electron chi connectivity index (χ0n) is 10.6. The monoisotopic (exact) mass is 291 g/mol. The van der Waals surface area contributed by atoms with E-state index in [1.54, 1.807) is 43.6 Å². The van der Waals surface area contributed by atoms with Gasteiger partial charge in [0.2, 0.25) is 0 Å². The van der Waals surface area contributed by atoms with Crippen LogP contribution in [-0.2, 0) is 0 Å². The van der Waals surface area contributed by atoms with Crippen molar-refractivity contribution in [2.24, 2.45) is 4.99 Å². The van der Waals surface area contributed by atoms with E-state index in [1.807, 2.05) is 0 Å². The van der Waals surface area contributed by atoms with E-state index < -0.39 is 5.82 Å². The third-order valence-corrected chi connectivity index (χ3v) is 2.47. The lowest BCUT2D eigenvalue weighted by Crippen LogP contribution is -1.81. The smallest absolute Gasteiger partial charge is 0.258 e. The highest BCUT2D eigenvalue weighted by Gasteiger charge is 2.09. The number of hydrogen-bond donors (Lipinski definition) is 0. The molecule has 0 unspecified atom stereocenters. The molecule has 102 valence electrons. The highest BCUT2D eigenvalue weighted by molar-refractivity contribution is 6.30. The molecule has 0 spiro atoms. The van der Waals surface area contributed by atoms with Gasteiger partial charge in [-0.3, -0.25) is 4.99 Å². The summed E-state index contributed by atoms with van der Waals surface area (Å²) in [7, 11) is 1.68. The van der Waals surface area contributed by atoms with Gasteiger partial charge in [-0.1, -0.05) is 28.9 Å². The largest absolute Gasteiger partial charge is 0.334 e. The highest BCUT2D eigenvalue weighted by Crippen LogP contribution is 2.23. The van der Waals surface area contributed by atoms with E-state index in [2.05, 4.69) is 15.1 Å². The minimum atomic E-state index is -0.454. The van der Waals surface area contributed by atoms with Crippen molar-refractivity contribution in [3.63, 3.8) is 0 Å². The number of aromatic nitrogens is 2. The van der Waals surface area contributed by atoms with Crippen molar-refractivity contribution in [3.05, 3.63) is 53.1 Å². The molecule has 0 atom stereocenters. The first kappa shape index (κ1) is 14.1. The predicted molar refractivity (Wildman–Crippen MR) is 77.3 cm³/mol. The highest BCUT2D eigenvalue weighted by atomic mass is 35.5. The molecule has 2 aromatic rings. The van der Waals surface area contributed by atoms with E-state index in [0.29, 0.717) is 11.4 Å². The predicted octanol–water partition coefficient (Wildman–Crippen LogP) is 3.80. The topological polar surface area (TPSA) is 51.3 Å². The molecular formula is C14H11ClFN3O.